The largest absolute Gasteiger partial charge is 0.395 e. The summed E-state index contributed by atoms with van der Waals surface area (Å²) in [6, 6.07) is 0.290. The molecule has 2 atom stereocenters. The van der Waals surface area contributed by atoms with E-state index in [4.69, 9.17) is 5.11 Å². The van der Waals surface area contributed by atoms with E-state index in [-0.39, 0.29) is 12.5 Å². The lowest BCUT2D eigenvalue weighted by atomic mass is 9.91. The second-order valence-corrected chi connectivity index (χ2v) is 3.51. The van der Waals surface area contributed by atoms with Gasteiger partial charge < -0.3 is 5.11 Å². The van der Waals surface area contributed by atoms with Crippen LogP contribution in [-0.2, 0) is 4.79 Å². The molecule has 0 saturated carbocycles. The maximum absolute atomic E-state index is 11.3. The fourth-order valence-corrected chi connectivity index (χ4v) is 1.71. The van der Waals surface area contributed by atoms with Crippen LogP contribution in [0.3, 0.4) is 0 Å². The van der Waals surface area contributed by atoms with Gasteiger partial charge in [-0.25, -0.2) is 0 Å². The van der Waals surface area contributed by atoms with Crippen LogP contribution >= 0.6 is 0 Å². The SMILES string of the molecule is C[C@@H]1C(=O)CCN(CCO)[C@@H]1C. The van der Waals surface area contributed by atoms with E-state index in [1.807, 2.05) is 6.92 Å². The Balaban J connectivity index is 2.52. The van der Waals surface area contributed by atoms with Crippen molar-refractivity contribution in [3.05, 3.63) is 0 Å². The molecule has 1 rings (SSSR count). The fraction of sp³-hybridized carbons (Fsp3) is 0.889. The Morgan fingerprint density at radius 1 is 1.58 bits per heavy atom. The molecule has 0 amide bonds. The highest BCUT2D eigenvalue weighted by Crippen LogP contribution is 2.19. The molecular weight excluding hydrogens is 154 g/mol. The van der Waals surface area contributed by atoms with Gasteiger partial charge in [0.1, 0.15) is 5.78 Å². The van der Waals surface area contributed by atoms with Crippen LogP contribution in [0.15, 0.2) is 0 Å². The molecule has 0 aromatic heterocycles. The van der Waals surface area contributed by atoms with Gasteiger partial charge in [-0.05, 0) is 6.92 Å². The summed E-state index contributed by atoms with van der Waals surface area (Å²) in [5.74, 6) is 0.488. The van der Waals surface area contributed by atoms with Crippen molar-refractivity contribution in [1.82, 2.24) is 4.90 Å². The van der Waals surface area contributed by atoms with Crippen LogP contribution in [-0.4, -0.2) is 41.5 Å². The van der Waals surface area contributed by atoms with E-state index in [1.54, 1.807) is 0 Å². The summed E-state index contributed by atoms with van der Waals surface area (Å²) in [5.41, 5.74) is 0. The molecule has 1 heterocycles. The minimum atomic E-state index is 0.130. The van der Waals surface area contributed by atoms with E-state index in [1.165, 1.54) is 0 Å². The fourth-order valence-electron chi connectivity index (χ4n) is 1.71. The second kappa shape index (κ2) is 4.01. The van der Waals surface area contributed by atoms with Crippen molar-refractivity contribution in [2.45, 2.75) is 26.3 Å². The van der Waals surface area contributed by atoms with Gasteiger partial charge in [-0.2, -0.15) is 0 Å². The maximum atomic E-state index is 11.3. The minimum absolute atomic E-state index is 0.130. The number of nitrogens with zero attached hydrogens (tertiary/aromatic N) is 1. The van der Waals surface area contributed by atoms with Crippen LogP contribution in [0, 0.1) is 5.92 Å². The molecule has 1 fully saturated rings. The summed E-state index contributed by atoms with van der Waals surface area (Å²) < 4.78 is 0. The zero-order chi connectivity index (χ0) is 9.14. The quantitative estimate of drug-likeness (QED) is 0.648. The molecule has 1 saturated heterocycles. The van der Waals surface area contributed by atoms with E-state index in [2.05, 4.69) is 11.8 Å². The first-order valence-corrected chi connectivity index (χ1v) is 4.54. The van der Waals surface area contributed by atoms with Crippen LogP contribution < -0.4 is 0 Å². The number of carbonyl (C=O) groups is 1. The number of Topliss-reactive ketones (excluding diaryl/α,β-unsaturated/α-hetero) is 1. The molecule has 1 aliphatic heterocycles. The highest BCUT2D eigenvalue weighted by atomic mass is 16.3. The van der Waals surface area contributed by atoms with Gasteiger partial charge in [0.25, 0.3) is 0 Å². The van der Waals surface area contributed by atoms with Crippen LogP contribution in [0.1, 0.15) is 20.3 Å². The van der Waals surface area contributed by atoms with E-state index in [0.29, 0.717) is 24.8 Å². The summed E-state index contributed by atoms with van der Waals surface area (Å²) >= 11 is 0. The Labute approximate surface area is 73.4 Å². The molecule has 12 heavy (non-hydrogen) atoms. The summed E-state index contributed by atoms with van der Waals surface area (Å²) in [7, 11) is 0. The maximum Gasteiger partial charge on any atom is 0.138 e. The Morgan fingerprint density at radius 2 is 2.25 bits per heavy atom. The summed E-state index contributed by atoms with van der Waals surface area (Å²) in [6.45, 7) is 5.71. The van der Waals surface area contributed by atoms with Gasteiger partial charge in [0.15, 0.2) is 0 Å². The molecule has 70 valence electrons. The zero-order valence-electron chi connectivity index (χ0n) is 7.79. The van der Waals surface area contributed by atoms with Crippen molar-refractivity contribution < 1.29 is 9.90 Å². The van der Waals surface area contributed by atoms with E-state index < -0.39 is 0 Å². The molecule has 1 N–H and O–H groups in total. The normalized spacial score (nSPS) is 32.4. The van der Waals surface area contributed by atoms with E-state index in [0.717, 1.165) is 6.54 Å². The number of rotatable bonds is 2. The standard InChI is InChI=1S/C9H17NO2/c1-7-8(2)10(5-6-11)4-3-9(7)12/h7-8,11H,3-6H2,1-2H3/t7-,8+/m0/s1. The topological polar surface area (TPSA) is 40.5 Å². The van der Waals surface area contributed by atoms with Crippen LogP contribution in [0.4, 0.5) is 0 Å². The van der Waals surface area contributed by atoms with Crippen molar-refractivity contribution >= 4 is 5.78 Å². The van der Waals surface area contributed by atoms with Gasteiger partial charge in [0, 0.05) is 31.5 Å². The molecule has 0 aliphatic carbocycles. The van der Waals surface area contributed by atoms with Crippen molar-refractivity contribution in [2.75, 3.05) is 19.7 Å². The lowest BCUT2D eigenvalue weighted by Crippen LogP contribution is -2.47. The number of β-amino-alcohol motifs (C(OH)–C–C–N with tert-alkyl or cyclic N) is 1. The number of hydrogen-bond acceptors (Lipinski definition) is 3. The van der Waals surface area contributed by atoms with Crippen LogP contribution in [0.5, 0.6) is 0 Å². The smallest absolute Gasteiger partial charge is 0.138 e. The molecule has 0 aromatic carbocycles. The van der Waals surface area contributed by atoms with E-state index in [9.17, 15) is 4.79 Å². The van der Waals surface area contributed by atoms with Crippen molar-refractivity contribution in [2.24, 2.45) is 5.92 Å². The molecule has 1 aliphatic rings. The predicted octanol–water partition coefficient (Wildman–Crippen LogP) is 0.278. The van der Waals surface area contributed by atoms with Gasteiger partial charge in [0.2, 0.25) is 0 Å². The third-order valence-electron chi connectivity index (χ3n) is 2.84. The molecular formula is C9H17NO2. The summed E-state index contributed by atoms with van der Waals surface area (Å²) in [4.78, 5) is 13.4. The number of likely N-dealkylation sites (tertiary alicyclic amines) is 1. The lowest BCUT2D eigenvalue weighted by molar-refractivity contribution is -0.128. The number of aliphatic hydroxyl groups excluding tert-OH is 1. The van der Waals surface area contributed by atoms with Gasteiger partial charge in [-0.3, -0.25) is 9.69 Å². The Bertz CT molecular complexity index is 170. The zero-order valence-corrected chi connectivity index (χ0v) is 7.79. The van der Waals surface area contributed by atoms with Gasteiger partial charge in [0.05, 0.1) is 6.61 Å². The number of piperidine rings is 1. The highest BCUT2D eigenvalue weighted by molar-refractivity contribution is 5.82. The third kappa shape index (κ3) is 1.84. The first kappa shape index (κ1) is 9.68. The van der Waals surface area contributed by atoms with E-state index >= 15 is 0 Å². The van der Waals surface area contributed by atoms with Gasteiger partial charge >= 0.3 is 0 Å². The third-order valence-corrected chi connectivity index (χ3v) is 2.84. The summed E-state index contributed by atoms with van der Waals surface area (Å²) in [6.07, 6.45) is 0.644. The molecule has 0 spiro atoms. The van der Waals surface area contributed by atoms with Crippen molar-refractivity contribution in [3.8, 4) is 0 Å². The van der Waals surface area contributed by atoms with Crippen molar-refractivity contribution in [1.29, 1.82) is 0 Å². The molecule has 3 nitrogen and oxygen atoms in total. The number of aliphatic hydroxyl groups is 1. The molecule has 0 radical (unpaired) electrons. The molecule has 0 aromatic rings. The number of carbonyl (C=O) groups excluding carboxylic acids is 1. The number of ketones is 1. The van der Waals surface area contributed by atoms with Crippen LogP contribution in [0.25, 0.3) is 0 Å². The second-order valence-electron chi connectivity index (χ2n) is 3.51. The number of hydrogen-bond donors (Lipinski definition) is 1. The Hall–Kier alpha value is -0.410. The molecule has 3 heteroatoms. The Kier molecular flexibility index (Phi) is 3.23. The summed E-state index contributed by atoms with van der Waals surface area (Å²) in [5, 5.41) is 8.76. The minimum Gasteiger partial charge on any atom is -0.395 e. The lowest BCUT2D eigenvalue weighted by Gasteiger charge is -2.36. The average molecular weight is 171 g/mol. The molecule has 0 bridgehead atoms. The predicted molar refractivity (Wildman–Crippen MR) is 46.9 cm³/mol. The van der Waals surface area contributed by atoms with Crippen LogP contribution in [0.2, 0.25) is 0 Å². The first-order valence-electron chi connectivity index (χ1n) is 4.54. The monoisotopic (exact) mass is 171 g/mol. The van der Waals surface area contributed by atoms with Gasteiger partial charge in [-0.15, -0.1) is 0 Å². The average Bonchev–Trinajstić information content (AvgIpc) is 2.07. The first-order chi connectivity index (χ1) is 5.66. The molecule has 0 unspecified atom stereocenters. The van der Waals surface area contributed by atoms with Crippen molar-refractivity contribution in [3.63, 3.8) is 0 Å². The van der Waals surface area contributed by atoms with Gasteiger partial charge in [-0.1, -0.05) is 6.92 Å². The Morgan fingerprint density at radius 3 is 2.83 bits per heavy atom. The highest BCUT2D eigenvalue weighted by Gasteiger charge is 2.29.